The fourth-order valence-electron chi connectivity index (χ4n) is 1.98. The van der Waals surface area contributed by atoms with Gasteiger partial charge in [0.25, 0.3) is 0 Å². The number of rotatable bonds is 5. The van der Waals surface area contributed by atoms with Crippen LogP contribution in [0.1, 0.15) is 0 Å². The third-order valence-corrected chi connectivity index (χ3v) is 3.56. The van der Waals surface area contributed by atoms with Crippen LogP contribution < -0.4 is 15.1 Å². The van der Waals surface area contributed by atoms with Gasteiger partial charge in [0.2, 0.25) is 0 Å². The Morgan fingerprint density at radius 1 is 0.864 bits per heavy atom. The van der Waals surface area contributed by atoms with Crippen molar-refractivity contribution in [3.63, 3.8) is 0 Å². The highest BCUT2D eigenvalue weighted by Crippen LogP contribution is 2.20. The molecule has 2 aromatic carbocycles. The smallest absolute Gasteiger partial charge is 0.336 e. The molecule has 0 unspecified atom stereocenters. The molecule has 1 heterocycles. The Morgan fingerprint density at radius 3 is 2.27 bits per heavy atom. The maximum absolute atomic E-state index is 11.2. The van der Waals surface area contributed by atoms with Crippen molar-refractivity contribution in [2.45, 2.75) is 0 Å². The Balaban J connectivity index is 1.57. The maximum Gasteiger partial charge on any atom is 0.336 e. The Bertz CT molecular complexity index is 824. The SMILES string of the molecule is O=c1ccc2ccc(OCCOc3ccc(Br)cc3)cc2o1. The molecule has 0 spiro atoms. The third-order valence-electron chi connectivity index (χ3n) is 3.03. The quantitative estimate of drug-likeness (QED) is 0.509. The van der Waals surface area contributed by atoms with Gasteiger partial charge in [-0.25, -0.2) is 4.79 Å². The molecule has 1 aromatic heterocycles. The van der Waals surface area contributed by atoms with Gasteiger partial charge in [0.1, 0.15) is 30.3 Å². The molecule has 4 nitrogen and oxygen atoms in total. The Morgan fingerprint density at radius 2 is 1.50 bits per heavy atom. The molecule has 0 amide bonds. The van der Waals surface area contributed by atoms with Crippen LogP contribution in [0.15, 0.2) is 68.3 Å². The van der Waals surface area contributed by atoms with Gasteiger partial charge < -0.3 is 13.9 Å². The first kappa shape index (κ1) is 14.7. The van der Waals surface area contributed by atoms with E-state index in [9.17, 15) is 4.79 Å². The second kappa shape index (κ2) is 6.66. The normalized spacial score (nSPS) is 10.6. The number of fused-ring (bicyclic) bond motifs is 1. The second-order valence-corrected chi connectivity index (χ2v) is 5.52. The van der Waals surface area contributed by atoms with Crippen LogP contribution in [-0.4, -0.2) is 13.2 Å². The molecule has 0 aliphatic heterocycles. The molecule has 3 rings (SSSR count). The van der Waals surface area contributed by atoms with Crippen LogP contribution in [0.4, 0.5) is 0 Å². The van der Waals surface area contributed by atoms with Crippen molar-refractivity contribution in [1.82, 2.24) is 0 Å². The lowest BCUT2D eigenvalue weighted by atomic mass is 10.2. The summed E-state index contributed by atoms with van der Waals surface area (Å²) < 4.78 is 17.3. The van der Waals surface area contributed by atoms with E-state index in [0.29, 0.717) is 24.5 Å². The molecule has 0 aliphatic carbocycles. The van der Waals surface area contributed by atoms with Crippen LogP contribution in [0.5, 0.6) is 11.5 Å². The summed E-state index contributed by atoms with van der Waals surface area (Å²) in [5.41, 5.74) is 0.141. The van der Waals surface area contributed by atoms with E-state index in [1.165, 1.54) is 6.07 Å². The number of hydrogen-bond donors (Lipinski definition) is 0. The zero-order valence-electron chi connectivity index (χ0n) is 11.6. The molecule has 22 heavy (non-hydrogen) atoms. The van der Waals surface area contributed by atoms with Gasteiger partial charge in [-0.15, -0.1) is 0 Å². The zero-order chi connectivity index (χ0) is 15.4. The predicted octanol–water partition coefficient (Wildman–Crippen LogP) is 4.01. The minimum absolute atomic E-state index is 0.372. The molecule has 0 fully saturated rings. The summed E-state index contributed by atoms with van der Waals surface area (Å²) in [5.74, 6) is 1.43. The van der Waals surface area contributed by atoms with Crippen molar-refractivity contribution < 1.29 is 13.9 Å². The van der Waals surface area contributed by atoms with Gasteiger partial charge >= 0.3 is 5.63 Å². The number of ether oxygens (including phenoxy) is 2. The molecular formula is C17H13BrO4. The second-order valence-electron chi connectivity index (χ2n) is 4.60. The lowest BCUT2D eigenvalue weighted by molar-refractivity contribution is 0.217. The van der Waals surface area contributed by atoms with E-state index in [4.69, 9.17) is 13.9 Å². The van der Waals surface area contributed by atoms with Gasteiger partial charge in [0, 0.05) is 22.0 Å². The third kappa shape index (κ3) is 3.68. The summed E-state index contributed by atoms with van der Waals surface area (Å²) in [6.45, 7) is 0.830. The first-order valence-electron chi connectivity index (χ1n) is 6.76. The van der Waals surface area contributed by atoms with E-state index in [1.807, 2.05) is 36.4 Å². The zero-order valence-corrected chi connectivity index (χ0v) is 13.2. The fraction of sp³-hybridized carbons (Fsp3) is 0.118. The summed E-state index contributed by atoms with van der Waals surface area (Å²) in [6.07, 6.45) is 0. The van der Waals surface area contributed by atoms with Gasteiger partial charge in [0.05, 0.1) is 0 Å². The highest BCUT2D eigenvalue weighted by molar-refractivity contribution is 9.10. The molecular weight excluding hydrogens is 348 g/mol. The summed E-state index contributed by atoms with van der Waals surface area (Å²) in [7, 11) is 0. The highest BCUT2D eigenvalue weighted by atomic mass is 79.9. The molecule has 0 saturated carbocycles. The average molecular weight is 361 g/mol. The molecule has 5 heteroatoms. The van der Waals surface area contributed by atoms with Crippen LogP contribution in [-0.2, 0) is 0 Å². The van der Waals surface area contributed by atoms with E-state index in [2.05, 4.69) is 15.9 Å². The van der Waals surface area contributed by atoms with E-state index in [-0.39, 0.29) is 5.63 Å². The van der Waals surface area contributed by atoms with Crippen LogP contribution in [0.25, 0.3) is 11.0 Å². The Labute approximate surface area is 135 Å². The van der Waals surface area contributed by atoms with E-state index < -0.39 is 0 Å². The van der Waals surface area contributed by atoms with Crippen LogP contribution >= 0.6 is 15.9 Å². The van der Waals surface area contributed by atoms with E-state index >= 15 is 0 Å². The van der Waals surface area contributed by atoms with Crippen LogP contribution in [0, 0.1) is 0 Å². The maximum atomic E-state index is 11.2. The van der Waals surface area contributed by atoms with Crippen LogP contribution in [0.3, 0.4) is 0 Å². The largest absolute Gasteiger partial charge is 0.490 e. The van der Waals surface area contributed by atoms with Crippen molar-refractivity contribution in [2.75, 3.05) is 13.2 Å². The topological polar surface area (TPSA) is 48.7 Å². The van der Waals surface area contributed by atoms with Gasteiger partial charge in [-0.1, -0.05) is 15.9 Å². The van der Waals surface area contributed by atoms with Gasteiger partial charge in [-0.3, -0.25) is 0 Å². The van der Waals surface area contributed by atoms with Gasteiger partial charge in [-0.05, 0) is 42.5 Å². The molecule has 0 radical (unpaired) electrons. The molecule has 0 atom stereocenters. The minimum atomic E-state index is -0.372. The standard InChI is InChI=1S/C17H13BrO4/c18-13-3-6-14(7-4-13)20-9-10-21-15-5-1-12-2-8-17(19)22-16(12)11-15/h1-8,11H,9-10H2. The highest BCUT2D eigenvalue weighted by Gasteiger charge is 2.01. The van der Waals surface area contributed by atoms with Crippen molar-refractivity contribution >= 4 is 26.9 Å². The van der Waals surface area contributed by atoms with Crippen molar-refractivity contribution in [2.24, 2.45) is 0 Å². The summed E-state index contributed by atoms with van der Waals surface area (Å²) in [6, 6.07) is 16.1. The predicted molar refractivity (Wildman–Crippen MR) is 87.6 cm³/mol. The van der Waals surface area contributed by atoms with Gasteiger partial charge in [-0.2, -0.15) is 0 Å². The lowest BCUT2D eigenvalue weighted by Gasteiger charge is -2.08. The fourth-order valence-corrected chi connectivity index (χ4v) is 2.24. The molecule has 0 saturated heterocycles. The first-order chi connectivity index (χ1) is 10.7. The molecule has 112 valence electrons. The summed E-state index contributed by atoms with van der Waals surface area (Å²) in [5, 5.41) is 0.859. The number of hydrogen-bond acceptors (Lipinski definition) is 4. The Hall–Kier alpha value is -2.27. The molecule has 0 bridgehead atoms. The van der Waals surface area contributed by atoms with Crippen LogP contribution in [0.2, 0.25) is 0 Å². The minimum Gasteiger partial charge on any atom is -0.490 e. The summed E-state index contributed by atoms with van der Waals surface area (Å²) >= 11 is 3.37. The number of benzene rings is 2. The first-order valence-corrected chi connectivity index (χ1v) is 7.55. The lowest BCUT2D eigenvalue weighted by Crippen LogP contribution is -2.08. The molecule has 3 aromatic rings. The van der Waals surface area contributed by atoms with Crippen molar-refractivity contribution in [1.29, 1.82) is 0 Å². The number of halogens is 1. The molecule has 0 aliphatic rings. The monoisotopic (exact) mass is 360 g/mol. The van der Waals surface area contributed by atoms with Crippen molar-refractivity contribution in [3.05, 3.63) is 69.5 Å². The summed E-state index contributed by atoms with van der Waals surface area (Å²) in [4.78, 5) is 11.2. The van der Waals surface area contributed by atoms with Crippen molar-refractivity contribution in [3.8, 4) is 11.5 Å². The van der Waals surface area contributed by atoms with E-state index in [0.717, 1.165) is 15.6 Å². The molecule has 0 N–H and O–H groups in total. The van der Waals surface area contributed by atoms with Gasteiger partial charge in [0.15, 0.2) is 0 Å². The average Bonchev–Trinajstić information content (AvgIpc) is 2.53. The Kier molecular flexibility index (Phi) is 4.44. The van der Waals surface area contributed by atoms with E-state index in [1.54, 1.807) is 12.1 Å².